The van der Waals surface area contributed by atoms with Crippen molar-refractivity contribution in [3.63, 3.8) is 0 Å². The highest BCUT2D eigenvalue weighted by Gasteiger charge is 2.22. The van der Waals surface area contributed by atoms with Gasteiger partial charge in [0.25, 0.3) is 0 Å². The minimum Gasteiger partial charge on any atom is -0.496 e. The first-order valence-electron chi connectivity index (χ1n) is 10.5. The van der Waals surface area contributed by atoms with E-state index in [9.17, 15) is 4.79 Å². The molecular weight excluding hydrogens is 394 g/mol. The van der Waals surface area contributed by atoms with Crippen molar-refractivity contribution >= 4 is 12.0 Å². The molecule has 0 N–H and O–H groups in total. The van der Waals surface area contributed by atoms with Gasteiger partial charge in [-0.3, -0.25) is 4.98 Å². The van der Waals surface area contributed by atoms with E-state index in [0.29, 0.717) is 35.8 Å². The molecule has 0 atom stereocenters. The van der Waals surface area contributed by atoms with Gasteiger partial charge >= 0.3 is 5.97 Å². The van der Waals surface area contributed by atoms with Crippen LogP contribution in [0.5, 0.6) is 17.2 Å². The van der Waals surface area contributed by atoms with Crippen LogP contribution in [0.1, 0.15) is 48.4 Å². The maximum absolute atomic E-state index is 12.7. The number of nitrogens with zero attached hydrogens (tertiary/aromatic N) is 1. The molecule has 0 aliphatic carbocycles. The van der Waals surface area contributed by atoms with E-state index in [-0.39, 0.29) is 5.97 Å². The van der Waals surface area contributed by atoms with Crippen molar-refractivity contribution in [2.75, 3.05) is 27.9 Å². The Kier molecular flexibility index (Phi) is 9.38. The number of pyridine rings is 1. The van der Waals surface area contributed by atoms with Gasteiger partial charge in [-0.25, -0.2) is 4.79 Å². The number of methoxy groups -OCH3 is 3. The zero-order valence-electron chi connectivity index (χ0n) is 19.4. The lowest BCUT2D eigenvalue weighted by Crippen LogP contribution is -2.09. The number of ether oxygens (including phenoxy) is 4. The smallest absolute Gasteiger partial charge is 0.334 e. The highest BCUT2D eigenvalue weighted by atomic mass is 16.5. The zero-order chi connectivity index (χ0) is 22.8. The number of rotatable bonds is 11. The minimum atomic E-state index is -0.308. The first-order chi connectivity index (χ1) is 15.0. The van der Waals surface area contributed by atoms with Crippen molar-refractivity contribution in [1.82, 2.24) is 4.98 Å². The summed E-state index contributed by atoms with van der Waals surface area (Å²) >= 11 is 0. The van der Waals surface area contributed by atoms with Crippen LogP contribution < -0.4 is 14.2 Å². The summed E-state index contributed by atoms with van der Waals surface area (Å²) in [6, 6.07) is 4.00. The molecule has 0 spiro atoms. The fourth-order valence-corrected chi connectivity index (χ4v) is 3.69. The average molecular weight is 428 g/mol. The zero-order valence-corrected chi connectivity index (χ0v) is 19.4. The quantitative estimate of drug-likeness (QED) is 0.283. The summed E-state index contributed by atoms with van der Waals surface area (Å²) in [5, 5.41) is 0. The maximum atomic E-state index is 12.7. The Balaban J connectivity index is 2.36. The molecule has 1 heterocycles. The van der Waals surface area contributed by atoms with Gasteiger partial charge in [-0.1, -0.05) is 6.07 Å². The van der Waals surface area contributed by atoms with Crippen LogP contribution in [0, 0.1) is 13.8 Å². The van der Waals surface area contributed by atoms with Crippen LogP contribution >= 0.6 is 0 Å². The SMILES string of the molecule is CCOC(=O)C(=Cc1c(C)c(OC)c(OC)c(C)c1OC)CCCCc1cccnc1. The van der Waals surface area contributed by atoms with Crippen LogP contribution in [0.4, 0.5) is 0 Å². The normalized spacial score (nSPS) is 11.2. The third kappa shape index (κ3) is 6.00. The second-order valence-corrected chi connectivity index (χ2v) is 7.22. The Hall–Kier alpha value is -3.02. The Bertz CT molecular complexity index is 906. The first-order valence-corrected chi connectivity index (χ1v) is 10.5. The monoisotopic (exact) mass is 427 g/mol. The van der Waals surface area contributed by atoms with Crippen LogP contribution in [0.15, 0.2) is 30.1 Å². The van der Waals surface area contributed by atoms with Gasteiger partial charge in [-0.05, 0) is 64.2 Å². The van der Waals surface area contributed by atoms with E-state index in [4.69, 9.17) is 18.9 Å². The molecule has 6 heteroatoms. The van der Waals surface area contributed by atoms with E-state index in [0.717, 1.165) is 36.0 Å². The van der Waals surface area contributed by atoms with E-state index < -0.39 is 0 Å². The molecule has 1 aromatic heterocycles. The Morgan fingerprint density at radius 2 is 1.68 bits per heavy atom. The molecule has 0 saturated carbocycles. The van der Waals surface area contributed by atoms with Crippen molar-refractivity contribution in [3.8, 4) is 17.2 Å². The van der Waals surface area contributed by atoms with Crippen molar-refractivity contribution in [1.29, 1.82) is 0 Å². The van der Waals surface area contributed by atoms with E-state index in [1.807, 2.05) is 39.1 Å². The summed E-state index contributed by atoms with van der Waals surface area (Å²) in [7, 11) is 4.82. The van der Waals surface area contributed by atoms with Gasteiger partial charge in [0.1, 0.15) is 5.75 Å². The molecule has 0 aliphatic rings. The van der Waals surface area contributed by atoms with Gasteiger partial charge in [-0.2, -0.15) is 0 Å². The number of unbranched alkanes of at least 4 members (excludes halogenated alkanes) is 1. The van der Waals surface area contributed by atoms with Crippen molar-refractivity contribution in [2.45, 2.75) is 46.5 Å². The van der Waals surface area contributed by atoms with Crippen LogP contribution in [0.2, 0.25) is 0 Å². The molecule has 0 bridgehead atoms. The fraction of sp³-hybridized carbons (Fsp3) is 0.440. The molecule has 31 heavy (non-hydrogen) atoms. The number of esters is 1. The van der Waals surface area contributed by atoms with Gasteiger partial charge in [0.05, 0.1) is 27.9 Å². The second-order valence-electron chi connectivity index (χ2n) is 7.22. The Morgan fingerprint density at radius 3 is 2.26 bits per heavy atom. The third-order valence-electron chi connectivity index (χ3n) is 5.23. The lowest BCUT2D eigenvalue weighted by atomic mass is 9.96. The predicted octanol–water partition coefficient (Wildman–Crippen LogP) is 5.08. The predicted molar refractivity (Wildman–Crippen MR) is 122 cm³/mol. The number of benzene rings is 1. The third-order valence-corrected chi connectivity index (χ3v) is 5.23. The molecule has 6 nitrogen and oxygen atoms in total. The molecule has 0 amide bonds. The van der Waals surface area contributed by atoms with Gasteiger partial charge in [0.15, 0.2) is 11.5 Å². The fourth-order valence-electron chi connectivity index (χ4n) is 3.69. The van der Waals surface area contributed by atoms with E-state index in [2.05, 4.69) is 11.1 Å². The topological polar surface area (TPSA) is 66.9 Å². The van der Waals surface area contributed by atoms with E-state index >= 15 is 0 Å². The largest absolute Gasteiger partial charge is 0.496 e. The number of hydrogen-bond acceptors (Lipinski definition) is 6. The van der Waals surface area contributed by atoms with Gasteiger partial charge in [0, 0.05) is 34.7 Å². The second kappa shape index (κ2) is 12.0. The van der Waals surface area contributed by atoms with E-state index in [1.165, 1.54) is 5.56 Å². The molecular formula is C25H33NO5. The molecule has 0 radical (unpaired) electrons. The molecule has 168 valence electrons. The summed E-state index contributed by atoms with van der Waals surface area (Å²) in [5.74, 6) is 1.61. The summed E-state index contributed by atoms with van der Waals surface area (Å²) in [6.07, 6.45) is 8.84. The lowest BCUT2D eigenvalue weighted by molar-refractivity contribution is -0.138. The van der Waals surface area contributed by atoms with Crippen molar-refractivity contribution in [2.24, 2.45) is 0 Å². The van der Waals surface area contributed by atoms with Crippen LogP contribution in [0.25, 0.3) is 6.08 Å². The summed E-state index contributed by atoms with van der Waals surface area (Å²) in [5.41, 5.74) is 4.27. The number of aromatic nitrogens is 1. The number of carbonyl (C=O) groups excluding carboxylic acids is 1. The molecule has 1 aromatic carbocycles. The molecule has 2 rings (SSSR count). The van der Waals surface area contributed by atoms with Crippen LogP contribution in [0.3, 0.4) is 0 Å². The number of aryl methyl sites for hydroxylation is 1. The summed E-state index contributed by atoms with van der Waals surface area (Å²) < 4.78 is 22.1. The number of carbonyl (C=O) groups is 1. The Labute approximate surface area is 185 Å². The molecule has 0 fully saturated rings. The van der Waals surface area contributed by atoms with Crippen molar-refractivity contribution < 1.29 is 23.7 Å². The average Bonchev–Trinajstić information content (AvgIpc) is 2.78. The number of hydrogen-bond donors (Lipinski definition) is 0. The summed E-state index contributed by atoms with van der Waals surface area (Å²) in [4.78, 5) is 16.8. The van der Waals surface area contributed by atoms with Crippen LogP contribution in [-0.4, -0.2) is 38.9 Å². The van der Waals surface area contributed by atoms with Crippen molar-refractivity contribution in [3.05, 3.63) is 52.4 Å². The van der Waals surface area contributed by atoms with E-state index in [1.54, 1.807) is 27.5 Å². The van der Waals surface area contributed by atoms with Crippen LogP contribution in [-0.2, 0) is 16.0 Å². The lowest BCUT2D eigenvalue weighted by Gasteiger charge is -2.20. The maximum Gasteiger partial charge on any atom is 0.334 e. The summed E-state index contributed by atoms with van der Waals surface area (Å²) in [6.45, 7) is 5.98. The molecule has 0 saturated heterocycles. The molecule has 0 aliphatic heterocycles. The van der Waals surface area contributed by atoms with Gasteiger partial charge < -0.3 is 18.9 Å². The first kappa shape index (κ1) is 24.3. The van der Waals surface area contributed by atoms with Gasteiger partial charge in [0.2, 0.25) is 0 Å². The Morgan fingerprint density at radius 1 is 1.00 bits per heavy atom. The molecule has 2 aromatic rings. The highest BCUT2D eigenvalue weighted by molar-refractivity contribution is 5.95. The standard InChI is InChI=1S/C25H33NO5/c1-7-31-25(27)20(13-9-8-11-19-12-10-14-26-16-19)15-21-17(2)23(29-5)24(30-6)18(3)22(21)28-4/h10,12,14-16H,7-9,11,13H2,1-6H3. The minimum absolute atomic E-state index is 0.308. The highest BCUT2D eigenvalue weighted by Crippen LogP contribution is 2.44. The molecule has 0 unspecified atom stereocenters. The van der Waals surface area contributed by atoms with Gasteiger partial charge in [-0.15, -0.1) is 0 Å².